The fourth-order valence-electron chi connectivity index (χ4n) is 2.91. The highest BCUT2D eigenvalue weighted by Crippen LogP contribution is 2.39. The summed E-state index contributed by atoms with van der Waals surface area (Å²) < 4.78 is 5.68. The number of rotatable bonds is 7. The number of hydrogen-bond donors (Lipinski definition) is 0. The van der Waals surface area contributed by atoms with Gasteiger partial charge in [-0.2, -0.15) is 0 Å². The van der Waals surface area contributed by atoms with E-state index in [9.17, 15) is 9.59 Å². The van der Waals surface area contributed by atoms with Crippen LogP contribution in [0.5, 0.6) is 5.75 Å². The first-order valence-electron chi connectivity index (χ1n) is 9.11. The summed E-state index contributed by atoms with van der Waals surface area (Å²) in [5.41, 5.74) is 1.21. The highest BCUT2D eigenvalue weighted by Gasteiger charge is 2.38. The van der Waals surface area contributed by atoms with Crippen molar-refractivity contribution in [1.82, 2.24) is 4.90 Å². The molecule has 0 unspecified atom stereocenters. The fourth-order valence-corrected chi connectivity index (χ4v) is 3.94. The molecular formula is C22H23NO3S. The number of nitrogens with zero attached hydrogens (tertiary/aromatic N) is 1. The lowest BCUT2D eigenvalue weighted by atomic mass is 10.1. The first kappa shape index (κ1) is 19.2. The molecule has 1 heterocycles. The largest absolute Gasteiger partial charge is 0.491 e. The van der Waals surface area contributed by atoms with E-state index in [1.54, 1.807) is 0 Å². The van der Waals surface area contributed by atoms with E-state index in [1.165, 1.54) is 16.7 Å². The van der Waals surface area contributed by atoms with E-state index in [4.69, 9.17) is 4.74 Å². The summed E-state index contributed by atoms with van der Waals surface area (Å²) in [5.74, 6) is 0.305. The molecule has 0 aromatic heterocycles. The summed E-state index contributed by atoms with van der Waals surface area (Å²) in [6.07, 6.45) is 0.809. The lowest BCUT2D eigenvalue weighted by molar-refractivity contribution is -0.136. The lowest BCUT2D eigenvalue weighted by Crippen LogP contribution is -2.32. The van der Waals surface area contributed by atoms with Crippen molar-refractivity contribution in [1.29, 1.82) is 0 Å². The number of ether oxygens (including phenoxy) is 1. The van der Waals surface area contributed by atoms with Crippen molar-refractivity contribution in [2.45, 2.75) is 38.2 Å². The van der Waals surface area contributed by atoms with Crippen molar-refractivity contribution in [3.05, 3.63) is 65.1 Å². The maximum Gasteiger partial charge on any atom is 0.268 e. The van der Waals surface area contributed by atoms with Gasteiger partial charge in [-0.15, -0.1) is 0 Å². The van der Waals surface area contributed by atoms with E-state index in [0.717, 1.165) is 22.6 Å². The Bertz CT molecular complexity index is 857. The van der Waals surface area contributed by atoms with Crippen LogP contribution in [0.25, 0.3) is 5.57 Å². The number of imide groups is 1. The van der Waals surface area contributed by atoms with Crippen LogP contribution in [0.3, 0.4) is 0 Å². The molecule has 2 amide bonds. The third-order valence-electron chi connectivity index (χ3n) is 4.05. The number of thioether (sulfide) groups is 1. The zero-order valence-corrected chi connectivity index (χ0v) is 16.6. The number of hydrogen-bond acceptors (Lipinski definition) is 4. The second-order valence-electron chi connectivity index (χ2n) is 6.57. The van der Waals surface area contributed by atoms with Gasteiger partial charge in [-0.05, 0) is 50.1 Å². The molecule has 2 aromatic rings. The van der Waals surface area contributed by atoms with Gasteiger partial charge in [0, 0.05) is 11.4 Å². The van der Waals surface area contributed by atoms with Gasteiger partial charge in [-0.25, -0.2) is 0 Å². The monoisotopic (exact) mass is 381 g/mol. The van der Waals surface area contributed by atoms with Gasteiger partial charge in [-0.3, -0.25) is 14.5 Å². The van der Waals surface area contributed by atoms with Crippen LogP contribution in [0.2, 0.25) is 0 Å². The fraction of sp³-hybridized carbons (Fsp3) is 0.273. The van der Waals surface area contributed by atoms with E-state index < -0.39 is 0 Å². The van der Waals surface area contributed by atoms with Crippen molar-refractivity contribution in [2.75, 3.05) is 6.54 Å². The SMILES string of the molecule is CCCN1C(=O)C(Sc2ccccc2)=C(c2ccc(OC(C)C)cc2)C1=O. The highest BCUT2D eigenvalue weighted by atomic mass is 32.2. The van der Waals surface area contributed by atoms with Crippen LogP contribution in [0.4, 0.5) is 0 Å². The average Bonchev–Trinajstić information content (AvgIpc) is 2.88. The molecule has 3 rings (SSSR count). The molecule has 0 saturated carbocycles. The van der Waals surface area contributed by atoms with Gasteiger partial charge >= 0.3 is 0 Å². The summed E-state index contributed by atoms with van der Waals surface area (Å²) in [6.45, 7) is 6.31. The van der Waals surface area contributed by atoms with Gasteiger partial charge in [0.05, 0.1) is 16.6 Å². The average molecular weight is 381 g/mol. The van der Waals surface area contributed by atoms with Crippen LogP contribution in [0.1, 0.15) is 32.8 Å². The molecule has 0 aliphatic carbocycles. The summed E-state index contributed by atoms with van der Waals surface area (Å²) in [5, 5.41) is 0. The molecule has 2 aromatic carbocycles. The maximum atomic E-state index is 13.0. The zero-order valence-electron chi connectivity index (χ0n) is 15.8. The van der Waals surface area contributed by atoms with Crippen molar-refractivity contribution < 1.29 is 14.3 Å². The predicted octanol–water partition coefficient (Wildman–Crippen LogP) is 4.76. The summed E-state index contributed by atoms with van der Waals surface area (Å²) in [4.78, 5) is 28.6. The van der Waals surface area contributed by atoms with Crippen LogP contribution in [-0.4, -0.2) is 29.4 Å². The molecule has 27 heavy (non-hydrogen) atoms. The van der Waals surface area contributed by atoms with Crippen LogP contribution in [0.15, 0.2) is 64.4 Å². The minimum absolute atomic E-state index is 0.0778. The first-order chi connectivity index (χ1) is 13.0. The molecule has 0 spiro atoms. The van der Waals surface area contributed by atoms with E-state index in [2.05, 4.69) is 0 Å². The number of carbonyl (C=O) groups is 2. The lowest BCUT2D eigenvalue weighted by Gasteiger charge is -2.13. The Hall–Kier alpha value is -2.53. The summed E-state index contributed by atoms with van der Waals surface area (Å²) >= 11 is 1.35. The van der Waals surface area contributed by atoms with Crippen molar-refractivity contribution in [2.24, 2.45) is 0 Å². The standard InChI is InChI=1S/C22H23NO3S/c1-4-14-23-21(24)19(16-10-12-17(13-11-16)26-15(2)3)20(22(23)25)27-18-8-6-5-7-9-18/h5-13,15H,4,14H2,1-3H3. The molecular weight excluding hydrogens is 358 g/mol. The van der Waals surface area contributed by atoms with Gasteiger partial charge in [-0.1, -0.05) is 49.0 Å². The maximum absolute atomic E-state index is 13.0. The van der Waals surface area contributed by atoms with Crippen LogP contribution >= 0.6 is 11.8 Å². The molecule has 1 aliphatic rings. The van der Waals surface area contributed by atoms with Crippen molar-refractivity contribution in [3.63, 3.8) is 0 Å². The van der Waals surface area contributed by atoms with Gasteiger partial charge in [0.25, 0.3) is 11.8 Å². The summed E-state index contributed by atoms with van der Waals surface area (Å²) in [6, 6.07) is 17.0. The minimum Gasteiger partial charge on any atom is -0.491 e. The van der Waals surface area contributed by atoms with Crippen LogP contribution in [-0.2, 0) is 9.59 Å². The molecule has 0 bridgehead atoms. The molecule has 0 atom stereocenters. The number of benzene rings is 2. The Morgan fingerprint density at radius 3 is 2.22 bits per heavy atom. The van der Waals surface area contributed by atoms with Crippen molar-refractivity contribution in [3.8, 4) is 5.75 Å². The Morgan fingerprint density at radius 1 is 0.963 bits per heavy atom. The van der Waals surface area contributed by atoms with Crippen molar-refractivity contribution >= 4 is 29.1 Å². The van der Waals surface area contributed by atoms with E-state index in [-0.39, 0.29) is 17.9 Å². The smallest absolute Gasteiger partial charge is 0.268 e. The normalized spacial score (nSPS) is 14.4. The topological polar surface area (TPSA) is 46.6 Å². The quantitative estimate of drug-likeness (QED) is 0.649. The number of amides is 2. The zero-order chi connectivity index (χ0) is 19.4. The third-order valence-corrected chi connectivity index (χ3v) is 5.14. The van der Waals surface area contributed by atoms with E-state index in [1.807, 2.05) is 75.4 Å². The number of carbonyl (C=O) groups excluding carboxylic acids is 2. The third kappa shape index (κ3) is 4.25. The Labute approximate surface area is 164 Å². The van der Waals surface area contributed by atoms with Crippen LogP contribution < -0.4 is 4.74 Å². The Morgan fingerprint density at radius 2 is 1.63 bits per heavy atom. The van der Waals surface area contributed by atoms with Gasteiger partial charge < -0.3 is 4.74 Å². The molecule has 0 radical (unpaired) electrons. The molecule has 0 saturated heterocycles. The van der Waals surface area contributed by atoms with E-state index >= 15 is 0 Å². The second kappa shape index (κ2) is 8.44. The molecule has 5 heteroatoms. The van der Waals surface area contributed by atoms with Crippen LogP contribution in [0, 0.1) is 0 Å². The van der Waals surface area contributed by atoms with E-state index in [0.29, 0.717) is 17.0 Å². The van der Waals surface area contributed by atoms with Gasteiger partial charge in [0.2, 0.25) is 0 Å². The molecule has 0 N–H and O–H groups in total. The Balaban J connectivity index is 1.99. The van der Waals surface area contributed by atoms with Gasteiger partial charge in [0.1, 0.15) is 5.75 Å². The molecule has 1 aliphatic heterocycles. The first-order valence-corrected chi connectivity index (χ1v) is 9.93. The van der Waals surface area contributed by atoms with Gasteiger partial charge in [0.15, 0.2) is 0 Å². The second-order valence-corrected chi connectivity index (χ2v) is 7.66. The summed E-state index contributed by atoms with van der Waals surface area (Å²) in [7, 11) is 0. The highest BCUT2D eigenvalue weighted by molar-refractivity contribution is 8.04. The molecule has 4 nitrogen and oxygen atoms in total. The molecule has 0 fully saturated rings. The molecule has 140 valence electrons. The predicted molar refractivity (Wildman–Crippen MR) is 108 cm³/mol. The Kier molecular flexibility index (Phi) is 6.01. The minimum atomic E-state index is -0.224.